The van der Waals surface area contributed by atoms with Crippen LogP contribution in [0.1, 0.15) is 12.1 Å². The molecule has 0 aliphatic carbocycles. The summed E-state index contributed by atoms with van der Waals surface area (Å²) in [6.45, 7) is 1.04. The molecular weight excluding hydrogens is 447 g/mol. The van der Waals surface area contributed by atoms with Gasteiger partial charge in [0, 0.05) is 35.5 Å². The zero-order chi connectivity index (χ0) is 23.8. The summed E-state index contributed by atoms with van der Waals surface area (Å²) in [5, 5.41) is 15.1. The molecule has 2 amide bonds. The van der Waals surface area contributed by atoms with E-state index in [1.165, 1.54) is 18.5 Å². The first-order valence-electron chi connectivity index (χ1n) is 11.2. The van der Waals surface area contributed by atoms with Crippen LogP contribution in [0.15, 0.2) is 67.1 Å². The Morgan fingerprint density at radius 3 is 2.74 bits per heavy atom. The number of aromatic nitrogens is 5. The molecule has 1 aliphatic heterocycles. The molecule has 0 atom stereocenters. The normalized spacial score (nSPS) is 13.7. The third-order valence-electron chi connectivity index (χ3n) is 6.07. The van der Waals surface area contributed by atoms with Gasteiger partial charge < -0.3 is 20.5 Å². The Kier molecular flexibility index (Phi) is 5.10. The van der Waals surface area contributed by atoms with Crippen molar-refractivity contribution in [2.45, 2.75) is 6.42 Å². The number of halogens is 1. The Bertz CT molecular complexity index is 1570. The molecule has 0 bridgehead atoms. The number of rotatable bonds is 4. The molecule has 0 radical (unpaired) electrons. The Morgan fingerprint density at radius 1 is 1.06 bits per heavy atom. The summed E-state index contributed by atoms with van der Waals surface area (Å²) in [5.41, 5.74) is 5.23. The third-order valence-corrected chi connectivity index (χ3v) is 6.07. The lowest BCUT2D eigenvalue weighted by Gasteiger charge is -2.26. The number of urea groups is 1. The average Bonchev–Trinajstić information content (AvgIpc) is 3.53. The van der Waals surface area contributed by atoms with E-state index in [1.807, 2.05) is 30.3 Å². The van der Waals surface area contributed by atoms with Crippen molar-refractivity contribution in [1.82, 2.24) is 30.0 Å². The maximum Gasteiger partial charge on any atom is 0.322 e. The summed E-state index contributed by atoms with van der Waals surface area (Å²) >= 11 is 0. The van der Waals surface area contributed by atoms with Crippen LogP contribution < -0.4 is 10.6 Å². The van der Waals surface area contributed by atoms with Crippen molar-refractivity contribution < 1.29 is 9.18 Å². The van der Waals surface area contributed by atoms with E-state index in [0.717, 1.165) is 38.9 Å². The van der Waals surface area contributed by atoms with Crippen LogP contribution >= 0.6 is 0 Å². The van der Waals surface area contributed by atoms with E-state index in [-0.39, 0.29) is 11.8 Å². The molecule has 0 fully saturated rings. The number of hydrogen-bond acceptors (Lipinski definition) is 5. The number of hydrogen-bond donors (Lipinski definition) is 4. The number of carbonyl (C=O) groups excluding carboxylic acids is 1. The van der Waals surface area contributed by atoms with Crippen LogP contribution in [0.3, 0.4) is 0 Å². The van der Waals surface area contributed by atoms with Crippen molar-refractivity contribution in [3.63, 3.8) is 0 Å². The van der Waals surface area contributed by atoms with Crippen LogP contribution in [-0.4, -0.2) is 49.2 Å². The van der Waals surface area contributed by atoms with E-state index in [1.54, 1.807) is 23.2 Å². The van der Waals surface area contributed by atoms with E-state index >= 15 is 0 Å². The third kappa shape index (κ3) is 4.17. The molecule has 1 aliphatic rings. The lowest BCUT2D eigenvalue weighted by molar-refractivity contribution is 0.217. The molecule has 0 spiro atoms. The van der Waals surface area contributed by atoms with Crippen molar-refractivity contribution in [2.75, 3.05) is 23.7 Å². The molecule has 10 heteroatoms. The number of anilines is 3. The van der Waals surface area contributed by atoms with Crippen LogP contribution in [0.2, 0.25) is 0 Å². The highest BCUT2D eigenvalue weighted by Crippen LogP contribution is 2.30. The summed E-state index contributed by atoms with van der Waals surface area (Å²) in [6, 6.07) is 13.5. The van der Waals surface area contributed by atoms with E-state index in [0.29, 0.717) is 31.0 Å². The minimum Gasteiger partial charge on any atom is -0.340 e. The molecule has 4 N–H and O–H groups in total. The van der Waals surface area contributed by atoms with E-state index in [2.05, 4.69) is 35.8 Å². The van der Waals surface area contributed by atoms with Crippen molar-refractivity contribution >= 4 is 50.7 Å². The lowest BCUT2D eigenvalue weighted by atomic mass is 10.1. The monoisotopic (exact) mass is 468 g/mol. The fourth-order valence-corrected chi connectivity index (χ4v) is 4.20. The fourth-order valence-electron chi connectivity index (χ4n) is 4.20. The molecule has 2 aromatic carbocycles. The second-order valence-electron chi connectivity index (χ2n) is 8.33. The van der Waals surface area contributed by atoms with Crippen LogP contribution in [0.25, 0.3) is 27.5 Å². The molecule has 0 saturated carbocycles. The first-order valence-corrected chi connectivity index (χ1v) is 11.2. The number of H-pyrrole nitrogens is 2. The fraction of sp³-hybridized carbons (Fsp3) is 0.120. The Balaban J connectivity index is 1.19. The zero-order valence-corrected chi connectivity index (χ0v) is 18.5. The van der Waals surface area contributed by atoms with Gasteiger partial charge in [0.15, 0.2) is 0 Å². The smallest absolute Gasteiger partial charge is 0.322 e. The summed E-state index contributed by atoms with van der Waals surface area (Å²) in [7, 11) is 0. The molecule has 174 valence electrons. The minimum atomic E-state index is -0.339. The predicted molar refractivity (Wildman–Crippen MR) is 133 cm³/mol. The van der Waals surface area contributed by atoms with Gasteiger partial charge in [0.1, 0.15) is 23.6 Å². The summed E-state index contributed by atoms with van der Waals surface area (Å²) in [6.07, 6.45) is 6.03. The van der Waals surface area contributed by atoms with E-state index < -0.39 is 0 Å². The largest absolute Gasteiger partial charge is 0.340 e. The maximum absolute atomic E-state index is 13.1. The number of nitrogens with zero attached hydrogens (tertiary/aromatic N) is 4. The van der Waals surface area contributed by atoms with Crippen LogP contribution in [0.5, 0.6) is 0 Å². The molecule has 0 saturated heterocycles. The van der Waals surface area contributed by atoms with Crippen molar-refractivity contribution in [3.05, 3.63) is 78.6 Å². The molecule has 9 nitrogen and oxygen atoms in total. The van der Waals surface area contributed by atoms with E-state index in [4.69, 9.17) is 0 Å². The Hall–Kier alpha value is -4.73. The van der Waals surface area contributed by atoms with Gasteiger partial charge in [0.2, 0.25) is 0 Å². The molecular formula is C25H21FN8O. The summed E-state index contributed by atoms with van der Waals surface area (Å²) in [4.78, 5) is 26.5. The van der Waals surface area contributed by atoms with Crippen molar-refractivity contribution in [1.29, 1.82) is 0 Å². The number of amides is 2. The summed E-state index contributed by atoms with van der Waals surface area (Å²) in [5.74, 6) is 0.367. The molecule has 4 heterocycles. The van der Waals surface area contributed by atoms with Crippen LogP contribution in [0, 0.1) is 5.82 Å². The number of benzene rings is 2. The van der Waals surface area contributed by atoms with Gasteiger partial charge >= 0.3 is 6.03 Å². The highest BCUT2D eigenvalue weighted by atomic mass is 19.1. The number of nitrogens with one attached hydrogen (secondary N) is 4. The Morgan fingerprint density at radius 2 is 1.91 bits per heavy atom. The topological polar surface area (TPSA) is 115 Å². The van der Waals surface area contributed by atoms with Crippen LogP contribution in [0.4, 0.5) is 26.4 Å². The molecule has 3 aromatic heterocycles. The predicted octanol–water partition coefficient (Wildman–Crippen LogP) is 5.04. The quantitative estimate of drug-likeness (QED) is 0.295. The number of aromatic amines is 2. The first-order chi connectivity index (χ1) is 17.1. The lowest BCUT2D eigenvalue weighted by Crippen LogP contribution is -2.37. The Labute approximate surface area is 199 Å². The minimum absolute atomic E-state index is 0.213. The summed E-state index contributed by atoms with van der Waals surface area (Å²) < 4.78 is 13.1. The number of carbonyl (C=O) groups is 1. The van der Waals surface area contributed by atoms with Gasteiger partial charge in [-0.25, -0.2) is 19.2 Å². The van der Waals surface area contributed by atoms with Crippen molar-refractivity contribution in [3.8, 4) is 0 Å². The van der Waals surface area contributed by atoms with Crippen LogP contribution in [-0.2, 0) is 0 Å². The average molecular weight is 468 g/mol. The molecule has 35 heavy (non-hydrogen) atoms. The molecule has 0 unspecified atom stereocenters. The van der Waals surface area contributed by atoms with Gasteiger partial charge in [-0.1, -0.05) is 6.08 Å². The standard InChI is InChI=1S/C25H21FN8O/c26-17-1-3-18(4-2-17)31-25(35)34-9-7-15(8-10-34)22-12-20-23(27-14-28-24(20)32-22)30-19-5-6-21-16(11-19)13-29-33-21/h1-7,11-14H,8-10H2,(H,29,33)(H,31,35)(H2,27,28,30,32). The SMILES string of the molecule is O=C(Nc1ccc(F)cc1)N1CC=C(c2cc3c(Nc4ccc5[nH]ncc5c4)ncnc3[nH]2)CC1. The first kappa shape index (κ1) is 20.8. The highest BCUT2D eigenvalue weighted by molar-refractivity contribution is 5.94. The van der Waals surface area contributed by atoms with E-state index in [9.17, 15) is 9.18 Å². The van der Waals surface area contributed by atoms with Gasteiger partial charge in [0.25, 0.3) is 0 Å². The van der Waals surface area contributed by atoms with Gasteiger partial charge in [-0.3, -0.25) is 5.10 Å². The highest BCUT2D eigenvalue weighted by Gasteiger charge is 2.20. The second kappa shape index (κ2) is 8.56. The molecule has 5 aromatic rings. The second-order valence-corrected chi connectivity index (χ2v) is 8.33. The van der Waals surface area contributed by atoms with Gasteiger partial charge in [-0.05, 0) is 60.5 Å². The molecule has 6 rings (SSSR count). The van der Waals surface area contributed by atoms with Gasteiger partial charge in [0.05, 0.1) is 17.1 Å². The van der Waals surface area contributed by atoms with Gasteiger partial charge in [-0.2, -0.15) is 5.10 Å². The van der Waals surface area contributed by atoms with Crippen molar-refractivity contribution in [2.24, 2.45) is 0 Å². The van der Waals surface area contributed by atoms with Gasteiger partial charge in [-0.15, -0.1) is 0 Å². The zero-order valence-electron chi connectivity index (χ0n) is 18.5. The maximum atomic E-state index is 13.1. The number of fused-ring (bicyclic) bond motifs is 2.